The number of nitrogens with one attached hydrogen (secondary N) is 1. The average molecular weight is 457 g/mol. The van der Waals surface area contributed by atoms with Crippen LogP contribution in [0.3, 0.4) is 0 Å². The summed E-state index contributed by atoms with van der Waals surface area (Å²) in [5, 5.41) is 5.81. The summed E-state index contributed by atoms with van der Waals surface area (Å²) < 4.78 is 23.8. The van der Waals surface area contributed by atoms with E-state index in [1.54, 1.807) is 26.4 Å². The molecule has 1 amide bonds. The van der Waals surface area contributed by atoms with Crippen LogP contribution in [0.25, 0.3) is 0 Å². The molecule has 0 bridgehead atoms. The zero-order chi connectivity index (χ0) is 22.5. The Morgan fingerprint density at radius 3 is 2.53 bits per heavy atom. The van der Waals surface area contributed by atoms with E-state index in [0.717, 1.165) is 30.2 Å². The number of halogens is 1. The number of benzene rings is 2. The molecule has 0 aliphatic carbocycles. The van der Waals surface area contributed by atoms with E-state index in [1.807, 2.05) is 28.5 Å². The summed E-state index contributed by atoms with van der Waals surface area (Å²) in [7, 11) is 3.22. The fourth-order valence-electron chi connectivity index (χ4n) is 3.61. The first-order chi connectivity index (χ1) is 15.6. The predicted molar refractivity (Wildman–Crippen MR) is 124 cm³/mol. The maximum atomic E-state index is 13.1. The molecule has 3 aromatic rings. The molecule has 168 valence electrons. The number of methoxy groups -OCH3 is 2. The van der Waals surface area contributed by atoms with E-state index in [9.17, 15) is 9.18 Å². The Morgan fingerprint density at radius 1 is 1.09 bits per heavy atom. The number of amides is 1. The summed E-state index contributed by atoms with van der Waals surface area (Å²) in [5.74, 6) is 1.20. The number of ether oxygens (including phenoxy) is 2. The van der Waals surface area contributed by atoms with Gasteiger partial charge in [0.05, 0.1) is 32.0 Å². The lowest BCUT2D eigenvalue weighted by Gasteiger charge is -2.36. The van der Waals surface area contributed by atoms with Gasteiger partial charge in [0.15, 0.2) is 5.13 Å². The fraction of sp³-hybridized carbons (Fsp3) is 0.304. The van der Waals surface area contributed by atoms with Crippen LogP contribution in [0.4, 0.5) is 20.9 Å². The van der Waals surface area contributed by atoms with Gasteiger partial charge in [-0.25, -0.2) is 9.37 Å². The number of anilines is 3. The summed E-state index contributed by atoms with van der Waals surface area (Å²) in [6.07, 6.45) is 0.254. The lowest BCUT2D eigenvalue weighted by molar-refractivity contribution is -0.130. The van der Waals surface area contributed by atoms with E-state index in [1.165, 1.54) is 23.5 Å². The maximum absolute atomic E-state index is 13.1. The minimum atomic E-state index is -0.246. The Hall–Kier alpha value is -3.33. The predicted octanol–water partition coefficient (Wildman–Crippen LogP) is 3.93. The normalized spacial score (nSPS) is 13.7. The Bertz CT molecular complexity index is 1070. The van der Waals surface area contributed by atoms with Crippen LogP contribution >= 0.6 is 11.3 Å². The van der Waals surface area contributed by atoms with Crippen molar-refractivity contribution in [3.63, 3.8) is 0 Å². The van der Waals surface area contributed by atoms with Crippen LogP contribution in [-0.2, 0) is 11.2 Å². The zero-order valence-electron chi connectivity index (χ0n) is 18.0. The van der Waals surface area contributed by atoms with Crippen molar-refractivity contribution in [1.82, 2.24) is 9.88 Å². The summed E-state index contributed by atoms with van der Waals surface area (Å²) in [4.78, 5) is 21.4. The van der Waals surface area contributed by atoms with Gasteiger partial charge in [0.25, 0.3) is 0 Å². The van der Waals surface area contributed by atoms with E-state index in [2.05, 4.69) is 15.2 Å². The Kier molecular flexibility index (Phi) is 6.75. The number of carbonyl (C=O) groups is 1. The van der Waals surface area contributed by atoms with Crippen LogP contribution in [0.1, 0.15) is 5.69 Å². The molecule has 0 saturated carbocycles. The van der Waals surface area contributed by atoms with Gasteiger partial charge in [-0.1, -0.05) is 0 Å². The lowest BCUT2D eigenvalue weighted by Crippen LogP contribution is -2.49. The third-order valence-corrected chi connectivity index (χ3v) is 6.16. The minimum Gasteiger partial charge on any atom is -0.497 e. The Balaban J connectivity index is 1.33. The molecule has 4 rings (SSSR count). The van der Waals surface area contributed by atoms with Gasteiger partial charge < -0.3 is 24.6 Å². The number of aromatic nitrogens is 1. The maximum Gasteiger partial charge on any atom is 0.228 e. The smallest absolute Gasteiger partial charge is 0.228 e. The quantitative estimate of drug-likeness (QED) is 0.581. The molecule has 1 fully saturated rings. The highest BCUT2D eigenvalue weighted by atomic mass is 32.1. The zero-order valence-corrected chi connectivity index (χ0v) is 18.8. The Morgan fingerprint density at radius 2 is 1.84 bits per heavy atom. The number of rotatable bonds is 7. The fourth-order valence-corrected chi connectivity index (χ4v) is 4.33. The van der Waals surface area contributed by atoms with E-state index >= 15 is 0 Å². The van der Waals surface area contributed by atoms with Crippen molar-refractivity contribution >= 4 is 33.8 Å². The SMILES string of the molecule is COc1ccc(OC)c(Nc2nc(CC(=O)N3CCN(c4ccc(F)cc4)CC3)cs2)c1. The second-order valence-electron chi connectivity index (χ2n) is 7.36. The largest absolute Gasteiger partial charge is 0.497 e. The van der Waals surface area contributed by atoms with Crippen molar-refractivity contribution in [2.75, 3.05) is 50.6 Å². The van der Waals surface area contributed by atoms with Crippen LogP contribution in [0.5, 0.6) is 11.5 Å². The van der Waals surface area contributed by atoms with Crippen LogP contribution in [0, 0.1) is 5.82 Å². The molecule has 0 spiro atoms. The molecule has 0 radical (unpaired) electrons. The van der Waals surface area contributed by atoms with Crippen molar-refractivity contribution < 1.29 is 18.7 Å². The second-order valence-corrected chi connectivity index (χ2v) is 8.21. The molecule has 2 heterocycles. The molecule has 32 heavy (non-hydrogen) atoms. The number of hydrogen-bond acceptors (Lipinski definition) is 7. The summed E-state index contributed by atoms with van der Waals surface area (Å²) >= 11 is 1.44. The molecule has 2 aromatic carbocycles. The first-order valence-corrected chi connectivity index (χ1v) is 11.2. The van der Waals surface area contributed by atoms with Crippen molar-refractivity contribution in [2.45, 2.75) is 6.42 Å². The minimum absolute atomic E-state index is 0.0552. The highest BCUT2D eigenvalue weighted by Gasteiger charge is 2.22. The van der Waals surface area contributed by atoms with Crippen LogP contribution in [-0.4, -0.2) is 56.2 Å². The van der Waals surface area contributed by atoms with Crippen molar-refractivity contribution in [3.8, 4) is 11.5 Å². The standard InChI is InChI=1S/C23H25FN4O3S/c1-30-19-7-8-21(31-2)20(14-19)26-23-25-17(15-32-23)13-22(29)28-11-9-27(10-12-28)18-5-3-16(24)4-6-18/h3-8,14-15H,9-13H2,1-2H3,(H,25,26). The summed E-state index contributed by atoms with van der Waals surface area (Å²) in [5.41, 5.74) is 2.45. The number of thiazole rings is 1. The van der Waals surface area contributed by atoms with Crippen LogP contribution in [0.15, 0.2) is 47.8 Å². The van der Waals surface area contributed by atoms with Gasteiger partial charge in [-0.3, -0.25) is 4.79 Å². The van der Waals surface area contributed by atoms with Gasteiger partial charge in [-0.15, -0.1) is 11.3 Å². The van der Waals surface area contributed by atoms with Gasteiger partial charge in [-0.05, 0) is 36.4 Å². The summed E-state index contributed by atoms with van der Waals surface area (Å²) in [6, 6.07) is 12.0. The molecule has 0 atom stereocenters. The summed E-state index contributed by atoms with van der Waals surface area (Å²) in [6.45, 7) is 2.70. The van der Waals surface area contributed by atoms with Crippen LogP contribution in [0.2, 0.25) is 0 Å². The molecule has 1 saturated heterocycles. The van der Waals surface area contributed by atoms with Gasteiger partial charge in [-0.2, -0.15) is 0 Å². The lowest BCUT2D eigenvalue weighted by atomic mass is 10.2. The Labute approximate surface area is 190 Å². The van der Waals surface area contributed by atoms with Crippen LogP contribution < -0.4 is 19.7 Å². The molecule has 1 aliphatic rings. The number of carbonyl (C=O) groups excluding carboxylic acids is 1. The van der Waals surface area contributed by atoms with E-state index < -0.39 is 0 Å². The van der Waals surface area contributed by atoms with Crippen molar-refractivity contribution in [1.29, 1.82) is 0 Å². The number of piperazine rings is 1. The molecule has 1 aromatic heterocycles. The van der Waals surface area contributed by atoms with Gasteiger partial charge >= 0.3 is 0 Å². The third-order valence-electron chi connectivity index (χ3n) is 5.36. The topological polar surface area (TPSA) is 66.9 Å². The second kappa shape index (κ2) is 9.86. The van der Waals surface area contributed by atoms with Crippen molar-refractivity contribution in [2.24, 2.45) is 0 Å². The van der Waals surface area contributed by atoms with E-state index in [-0.39, 0.29) is 18.1 Å². The first kappa shape index (κ1) is 21.9. The van der Waals surface area contributed by atoms with Gasteiger partial charge in [0, 0.05) is 43.3 Å². The third kappa shape index (κ3) is 5.11. The van der Waals surface area contributed by atoms with E-state index in [0.29, 0.717) is 29.7 Å². The van der Waals surface area contributed by atoms with Gasteiger partial charge in [0.2, 0.25) is 5.91 Å². The molecule has 1 aliphatic heterocycles. The molecular weight excluding hydrogens is 431 g/mol. The molecule has 0 unspecified atom stereocenters. The number of nitrogens with zero attached hydrogens (tertiary/aromatic N) is 3. The molecule has 7 nitrogen and oxygen atoms in total. The number of hydrogen-bond donors (Lipinski definition) is 1. The first-order valence-electron chi connectivity index (χ1n) is 10.3. The average Bonchev–Trinajstić information content (AvgIpc) is 3.26. The molecule has 1 N–H and O–H groups in total. The highest BCUT2D eigenvalue weighted by molar-refractivity contribution is 7.13. The van der Waals surface area contributed by atoms with Crippen molar-refractivity contribution in [3.05, 3.63) is 59.4 Å². The molecular formula is C23H25FN4O3S. The highest BCUT2D eigenvalue weighted by Crippen LogP contribution is 2.32. The van der Waals surface area contributed by atoms with E-state index in [4.69, 9.17) is 9.47 Å². The van der Waals surface area contributed by atoms with Gasteiger partial charge in [0.1, 0.15) is 17.3 Å². The molecule has 9 heteroatoms. The monoisotopic (exact) mass is 456 g/mol.